The first-order valence-electron chi connectivity index (χ1n) is 8.35. The minimum atomic E-state index is -3.30. The van der Waals surface area contributed by atoms with Gasteiger partial charge in [0.25, 0.3) is 0 Å². The molecular formula is C19H21O5P. The van der Waals surface area contributed by atoms with Gasteiger partial charge in [0.05, 0.1) is 5.56 Å². The van der Waals surface area contributed by atoms with Crippen LogP contribution in [0, 0.1) is 0 Å². The molecule has 0 aliphatic carbocycles. The van der Waals surface area contributed by atoms with Crippen molar-refractivity contribution in [2.75, 3.05) is 12.8 Å². The molecule has 2 aromatic carbocycles. The summed E-state index contributed by atoms with van der Waals surface area (Å²) in [6, 6.07) is 14.3. The molecular weight excluding hydrogens is 339 g/mol. The molecule has 0 N–H and O–H groups in total. The van der Waals surface area contributed by atoms with Crippen LogP contribution in [0.1, 0.15) is 42.1 Å². The van der Waals surface area contributed by atoms with Gasteiger partial charge in [0.1, 0.15) is 12.8 Å². The monoisotopic (exact) mass is 360 g/mol. The molecule has 0 radical (unpaired) electrons. The van der Waals surface area contributed by atoms with Crippen molar-refractivity contribution in [2.24, 2.45) is 0 Å². The number of ether oxygens (including phenoxy) is 1. The van der Waals surface area contributed by atoms with E-state index < -0.39 is 13.6 Å². The smallest absolute Gasteiger partial charge is 0.434 e. The average molecular weight is 360 g/mol. The second-order valence-corrected chi connectivity index (χ2v) is 8.07. The number of hydrogen-bond donors (Lipinski definition) is 0. The summed E-state index contributed by atoms with van der Waals surface area (Å²) in [6.07, 6.45) is 1.06. The van der Waals surface area contributed by atoms with E-state index in [1.807, 2.05) is 12.1 Å². The summed E-state index contributed by atoms with van der Waals surface area (Å²) in [5.41, 5.74) is 1.66. The van der Waals surface area contributed by atoms with Gasteiger partial charge in [0.2, 0.25) is 0 Å². The van der Waals surface area contributed by atoms with Crippen molar-refractivity contribution < 1.29 is 23.1 Å². The van der Waals surface area contributed by atoms with E-state index in [2.05, 4.69) is 13.8 Å². The molecule has 2 aromatic rings. The van der Waals surface area contributed by atoms with Crippen LogP contribution in [0.4, 0.5) is 0 Å². The normalized spacial score (nSPS) is 15.6. The number of hydrogen-bond acceptors (Lipinski definition) is 5. The number of rotatable bonds is 6. The van der Waals surface area contributed by atoms with Crippen LogP contribution < -0.4 is 9.05 Å². The number of benzene rings is 2. The van der Waals surface area contributed by atoms with Gasteiger partial charge in [0.15, 0.2) is 11.5 Å². The largest absolute Gasteiger partial charge is 0.461 e. The van der Waals surface area contributed by atoms with Gasteiger partial charge >= 0.3 is 13.6 Å². The van der Waals surface area contributed by atoms with E-state index in [-0.39, 0.29) is 12.8 Å². The summed E-state index contributed by atoms with van der Waals surface area (Å²) in [7, 11) is -3.30. The van der Waals surface area contributed by atoms with Gasteiger partial charge < -0.3 is 13.8 Å². The fourth-order valence-electron chi connectivity index (χ4n) is 2.53. The van der Waals surface area contributed by atoms with Crippen LogP contribution in [0.2, 0.25) is 0 Å². The molecule has 1 aliphatic rings. The lowest BCUT2D eigenvalue weighted by molar-refractivity contribution is 0.0526. The Morgan fingerprint density at radius 1 is 1.08 bits per heavy atom. The highest BCUT2D eigenvalue weighted by atomic mass is 31.2. The third-order valence-electron chi connectivity index (χ3n) is 4.25. The van der Waals surface area contributed by atoms with Gasteiger partial charge in [0, 0.05) is 0 Å². The Balaban J connectivity index is 1.52. The molecule has 25 heavy (non-hydrogen) atoms. The van der Waals surface area contributed by atoms with Crippen molar-refractivity contribution in [3.8, 4) is 11.5 Å². The van der Waals surface area contributed by atoms with E-state index in [1.54, 1.807) is 36.4 Å². The van der Waals surface area contributed by atoms with Crippen molar-refractivity contribution in [3.05, 3.63) is 59.7 Å². The highest BCUT2D eigenvalue weighted by Gasteiger charge is 2.36. The van der Waals surface area contributed by atoms with Crippen molar-refractivity contribution in [1.82, 2.24) is 0 Å². The SMILES string of the molecule is CCC(C)c1ccc(C(=O)OCCP2(=O)Oc3ccccc3O2)cc1. The van der Waals surface area contributed by atoms with Gasteiger partial charge in [-0.15, -0.1) is 0 Å². The molecule has 1 atom stereocenters. The summed E-state index contributed by atoms with van der Waals surface area (Å²) in [6.45, 7) is 4.24. The van der Waals surface area contributed by atoms with E-state index >= 15 is 0 Å². The molecule has 132 valence electrons. The molecule has 5 nitrogen and oxygen atoms in total. The maximum Gasteiger partial charge on any atom is 0.434 e. The van der Waals surface area contributed by atoms with Crippen LogP contribution in [-0.4, -0.2) is 18.7 Å². The fourth-order valence-corrected chi connectivity index (χ4v) is 3.96. The molecule has 6 heteroatoms. The lowest BCUT2D eigenvalue weighted by Gasteiger charge is -2.11. The maximum absolute atomic E-state index is 12.5. The summed E-state index contributed by atoms with van der Waals surface area (Å²) in [5, 5.41) is 0. The number of carbonyl (C=O) groups excluding carboxylic acids is 1. The van der Waals surface area contributed by atoms with Crippen LogP contribution in [0.15, 0.2) is 48.5 Å². The molecule has 0 bridgehead atoms. The molecule has 0 spiro atoms. The summed E-state index contributed by atoms with van der Waals surface area (Å²) in [5.74, 6) is 0.920. The standard InChI is InChI=1S/C19H21O5P/c1-3-14(2)15-8-10-16(11-9-15)19(20)22-12-13-25(21)23-17-6-4-5-7-18(17)24-25/h4-11,14H,3,12-13H2,1-2H3. The molecule has 1 unspecified atom stereocenters. The third-order valence-corrected chi connectivity index (χ3v) is 5.93. The van der Waals surface area contributed by atoms with Crippen LogP contribution >= 0.6 is 7.60 Å². The fraction of sp³-hybridized carbons (Fsp3) is 0.316. The first kappa shape index (κ1) is 17.6. The van der Waals surface area contributed by atoms with E-state index in [0.29, 0.717) is 23.0 Å². The molecule has 3 rings (SSSR count). The average Bonchev–Trinajstić information content (AvgIpc) is 2.97. The summed E-state index contributed by atoms with van der Waals surface area (Å²) < 4.78 is 28.5. The third kappa shape index (κ3) is 4.05. The lowest BCUT2D eigenvalue weighted by atomic mass is 9.98. The molecule has 1 aliphatic heterocycles. The van der Waals surface area contributed by atoms with E-state index in [0.717, 1.165) is 6.42 Å². The Bertz CT molecular complexity index is 771. The number of esters is 1. The van der Waals surface area contributed by atoms with E-state index in [9.17, 15) is 9.36 Å². The Morgan fingerprint density at radius 2 is 1.68 bits per heavy atom. The molecule has 0 saturated carbocycles. The Labute approximate surface area is 147 Å². The highest BCUT2D eigenvalue weighted by Crippen LogP contribution is 2.57. The Hall–Kier alpha value is -2.26. The highest BCUT2D eigenvalue weighted by molar-refractivity contribution is 7.55. The summed E-state index contributed by atoms with van der Waals surface area (Å²) in [4.78, 5) is 12.1. The van der Waals surface area contributed by atoms with Crippen molar-refractivity contribution >= 4 is 13.6 Å². The van der Waals surface area contributed by atoms with Gasteiger partial charge in [-0.05, 0) is 42.2 Å². The van der Waals surface area contributed by atoms with Gasteiger partial charge in [-0.3, -0.25) is 0 Å². The Morgan fingerprint density at radius 3 is 2.24 bits per heavy atom. The van der Waals surface area contributed by atoms with E-state index in [1.165, 1.54) is 5.56 Å². The van der Waals surface area contributed by atoms with Gasteiger partial charge in [-0.2, -0.15) is 0 Å². The molecule has 0 saturated heterocycles. The maximum atomic E-state index is 12.5. The number of carbonyl (C=O) groups is 1. The zero-order valence-electron chi connectivity index (χ0n) is 14.3. The second kappa shape index (κ2) is 7.32. The minimum Gasteiger partial charge on any atom is -0.461 e. The molecule has 0 amide bonds. The predicted molar refractivity (Wildman–Crippen MR) is 95.6 cm³/mol. The number of fused-ring (bicyclic) bond motifs is 1. The van der Waals surface area contributed by atoms with Crippen molar-refractivity contribution in [3.63, 3.8) is 0 Å². The van der Waals surface area contributed by atoms with Crippen molar-refractivity contribution in [1.29, 1.82) is 0 Å². The van der Waals surface area contributed by atoms with Crippen molar-refractivity contribution in [2.45, 2.75) is 26.2 Å². The van der Waals surface area contributed by atoms with Gasteiger partial charge in [-0.25, -0.2) is 9.36 Å². The second-order valence-electron chi connectivity index (χ2n) is 6.03. The Kier molecular flexibility index (Phi) is 5.14. The lowest BCUT2D eigenvalue weighted by Crippen LogP contribution is -2.11. The van der Waals surface area contributed by atoms with Crippen LogP contribution in [0.3, 0.4) is 0 Å². The quantitative estimate of drug-likeness (QED) is 0.535. The topological polar surface area (TPSA) is 61.8 Å². The van der Waals surface area contributed by atoms with E-state index in [4.69, 9.17) is 13.8 Å². The van der Waals surface area contributed by atoms with Crippen LogP contribution in [0.25, 0.3) is 0 Å². The molecule has 1 heterocycles. The first-order chi connectivity index (χ1) is 12.0. The van der Waals surface area contributed by atoms with Crippen LogP contribution in [0.5, 0.6) is 11.5 Å². The molecule has 0 aromatic heterocycles. The minimum absolute atomic E-state index is 0.0123. The summed E-state index contributed by atoms with van der Waals surface area (Å²) >= 11 is 0. The van der Waals surface area contributed by atoms with Crippen LogP contribution in [-0.2, 0) is 9.30 Å². The first-order valence-corrected chi connectivity index (χ1v) is 10.1. The zero-order chi connectivity index (χ0) is 17.9. The number of para-hydroxylation sites is 2. The zero-order valence-corrected chi connectivity index (χ0v) is 15.2. The predicted octanol–water partition coefficient (Wildman–Crippen LogP) is 5.02. The van der Waals surface area contributed by atoms with Gasteiger partial charge in [-0.1, -0.05) is 38.1 Å². The molecule has 0 fully saturated rings.